The van der Waals surface area contributed by atoms with E-state index in [-0.39, 0.29) is 35.7 Å². The third-order valence-corrected chi connectivity index (χ3v) is 7.56. The Hall–Kier alpha value is -1.45. The van der Waals surface area contributed by atoms with Crippen molar-refractivity contribution in [3.05, 3.63) is 17.0 Å². The molecule has 0 aliphatic carbocycles. The number of hydrogen-bond acceptors (Lipinski definition) is 5. The zero-order chi connectivity index (χ0) is 17.4. The summed E-state index contributed by atoms with van der Waals surface area (Å²) in [6.07, 6.45) is 0. The van der Waals surface area contributed by atoms with Crippen molar-refractivity contribution in [3.8, 4) is 0 Å². The fraction of sp³-hybridized carbons (Fsp3) is 0.571. The maximum atomic E-state index is 12.8. The minimum atomic E-state index is -3.88. The molecule has 1 aromatic rings. The van der Waals surface area contributed by atoms with Gasteiger partial charge in [-0.2, -0.15) is 4.31 Å². The van der Waals surface area contributed by atoms with E-state index in [0.717, 1.165) is 20.5 Å². The number of amides is 1. The third kappa shape index (κ3) is 3.56. The van der Waals surface area contributed by atoms with Crippen LogP contribution in [0.25, 0.3) is 0 Å². The van der Waals surface area contributed by atoms with Crippen LogP contribution in [0, 0.1) is 0 Å². The second-order valence-corrected chi connectivity index (χ2v) is 8.98. The highest BCUT2D eigenvalue weighted by atomic mass is 32.2. The summed E-state index contributed by atoms with van der Waals surface area (Å²) in [5, 5.41) is 9.37. The molecule has 1 unspecified atom stereocenters. The van der Waals surface area contributed by atoms with Crippen LogP contribution in [0.3, 0.4) is 0 Å². The zero-order valence-electron chi connectivity index (χ0n) is 13.2. The minimum absolute atomic E-state index is 0.0200. The molecule has 1 N–H and O–H groups in total. The Balaban J connectivity index is 2.33. The second-order valence-electron chi connectivity index (χ2n) is 5.75. The van der Waals surface area contributed by atoms with Crippen molar-refractivity contribution >= 4 is 33.2 Å². The van der Waals surface area contributed by atoms with Gasteiger partial charge < -0.3 is 10.0 Å². The first-order chi connectivity index (χ1) is 10.6. The van der Waals surface area contributed by atoms with E-state index in [4.69, 9.17) is 0 Å². The number of rotatable bonds is 4. The van der Waals surface area contributed by atoms with Crippen molar-refractivity contribution in [1.29, 1.82) is 0 Å². The van der Waals surface area contributed by atoms with Crippen molar-refractivity contribution in [1.82, 2.24) is 9.21 Å². The number of hydrogen-bond donors (Lipinski definition) is 1. The fourth-order valence-corrected chi connectivity index (χ4v) is 5.46. The van der Waals surface area contributed by atoms with Gasteiger partial charge in [0.1, 0.15) is 10.3 Å². The summed E-state index contributed by atoms with van der Waals surface area (Å²) >= 11 is 1.16. The van der Waals surface area contributed by atoms with Gasteiger partial charge in [-0.15, -0.1) is 11.3 Å². The smallest absolute Gasteiger partial charge is 0.323 e. The van der Waals surface area contributed by atoms with E-state index in [1.165, 1.54) is 17.9 Å². The minimum Gasteiger partial charge on any atom is -0.480 e. The molecular weight excluding hydrogens is 340 g/mol. The van der Waals surface area contributed by atoms with E-state index in [9.17, 15) is 23.1 Å². The number of carboxylic acids is 1. The lowest BCUT2D eigenvalue weighted by Crippen LogP contribution is -2.58. The molecule has 0 bridgehead atoms. The lowest BCUT2D eigenvalue weighted by atomic mass is 10.2. The Morgan fingerprint density at radius 3 is 2.43 bits per heavy atom. The van der Waals surface area contributed by atoms with Gasteiger partial charge in [-0.1, -0.05) is 13.8 Å². The van der Waals surface area contributed by atoms with Gasteiger partial charge >= 0.3 is 5.97 Å². The number of nitrogens with zero attached hydrogens (tertiary/aromatic N) is 2. The van der Waals surface area contributed by atoms with Crippen LogP contribution < -0.4 is 0 Å². The average Bonchev–Trinajstić information content (AvgIpc) is 2.97. The van der Waals surface area contributed by atoms with Crippen LogP contribution in [0.4, 0.5) is 0 Å². The molecule has 1 atom stereocenters. The number of piperazine rings is 1. The molecule has 0 spiro atoms. The van der Waals surface area contributed by atoms with E-state index < -0.39 is 22.0 Å². The summed E-state index contributed by atoms with van der Waals surface area (Å²) in [5.74, 6) is -1.31. The van der Waals surface area contributed by atoms with Crippen LogP contribution in [0.5, 0.6) is 0 Å². The number of sulfonamides is 1. The van der Waals surface area contributed by atoms with Crippen LogP contribution in [-0.4, -0.2) is 60.3 Å². The molecule has 0 radical (unpaired) electrons. The quantitative estimate of drug-likeness (QED) is 0.870. The van der Waals surface area contributed by atoms with Gasteiger partial charge in [0.05, 0.1) is 0 Å². The Morgan fingerprint density at radius 1 is 1.30 bits per heavy atom. The predicted molar refractivity (Wildman–Crippen MR) is 86.0 cm³/mol. The van der Waals surface area contributed by atoms with E-state index in [1.807, 2.05) is 13.8 Å². The zero-order valence-corrected chi connectivity index (χ0v) is 14.9. The average molecular weight is 360 g/mol. The molecule has 9 heteroatoms. The molecule has 1 fully saturated rings. The monoisotopic (exact) mass is 360 g/mol. The van der Waals surface area contributed by atoms with Crippen LogP contribution in [-0.2, 0) is 19.6 Å². The van der Waals surface area contributed by atoms with Crippen molar-refractivity contribution in [2.24, 2.45) is 0 Å². The first-order valence-electron chi connectivity index (χ1n) is 7.24. The number of carbonyl (C=O) groups is 2. The van der Waals surface area contributed by atoms with Gasteiger partial charge in [-0.3, -0.25) is 9.59 Å². The Labute approximate surface area is 139 Å². The van der Waals surface area contributed by atoms with Crippen molar-refractivity contribution in [2.75, 3.05) is 19.6 Å². The number of thiophene rings is 1. The summed E-state index contributed by atoms with van der Waals surface area (Å²) in [4.78, 5) is 25.2. The molecule has 0 aromatic carbocycles. The standard InChI is InChI=1S/C14H20N2O5S2/c1-9(2)12-4-5-13(22-12)23(20,21)16-7-6-15(10(3)17)8-11(16)14(18)19/h4-5,9,11H,6-8H2,1-3H3,(H,18,19). The molecular formula is C14H20N2O5S2. The summed E-state index contributed by atoms with van der Waals surface area (Å²) in [6.45, 7) is 5.32. The Morgan fingerprint density at radius 2 is 1.96 bits per heavy atom. The molecule has 1 aromatic heterocycles. The summed E-state index contributed by atoms with van der Waals surface area (Å²) in [5.41, 5.74) is 0. The maximum Gasteiger partial charge on any atom is 0.323 e. The Kier molecular flexibility index (Phi) is 5.12. The van der Waals surface area contributed by atoms with Crippen molar-refractivity contribution in [2.45, 2.75) is 36.9 Å². The van der Waals surface area contributed by atoms with E-state index in [2.05, 4.69) is 0 Å². The molecule has 7 nitrogen and oxygen atoms in total. The highest BCUT2D eigenvalue weighted by Crippen LogP contribution is 2.31. The van der Waals surface area contributed by atoms with Gasteiger partial charge in [0.2, 0.25) is 5.91 Å². The SMILES string of the molecule is CC(=O)N1CCN(S(=O)(=O)c2ccc(C(C)C)s2)C(C(=O)O)C1. The molecule has 2 heterocycles. The topological polar surface area (TPSA) is 95.0 Å². The number of carboxylic acid groups (broad SMARTS) is 1. The van der Waals surface area contributed by atoms with Gasteiger partial charge in [0, 0.05) is 31.4 Å². The number of carbonyl (C=O) groups excluding carboxylic acids is 1. The molecule has 128 valence electrons. The van der Waals surface area contributed by atoms with Crippen LogP contribution >= 0.6 is 11.3 Å². The lowest BCUT2D eigenvalue weighted by molar-refractivity contribution is -0.145. The van der Waals surface area contributed by atoms with E-state index in [0.29, 0.717) is 0 Å². The number of aliphatic carboxylic acids is 1. The first kappa shape index (κ1) is 17.9. The van der Waals surface area contributed by atoms with Crippen molar-refractivity contribution < 1.29 is 23.1 Å². The maximum absolute atomic E-state index is 12.8. The highest BCUT2D eigenvalue weighted by Gasteiger charge is 2.41. The lowest BCUT2D eigenvalue weighted by Gasteiger charge is -2.37. The molecule has 2 rings (SSSR count). The van der Waals surface area contributed by atoms with Crippen LogP contribution in [0.1, 0.15) is 31.6 Å². The van der Waals surface area contributed by atoms with E-state index in [1.54, 1.807) is 6.07 Å². The van der Waals surface area contributed by atoms with Crippen LogP contribution in [0.2, 0.25) is 0 Å². The van der Waals surface area contributed by atoms with Crippen LogP contribution in [0.15, 0.2) is 16.3 Å². The Bertz CT molecular complexity index is 711. The van der Waals surface area contributed by atoms with Gasteiger partial charge in [-0.05, 0) is 18.1 Å². The van der Waals surface area contributed by atoms with Gasteiger partial charge in [-0.25, -0.2) is 8.42 Å². The summed E-state index contributed by atoms with van der Waals surface area (Å²) in [7, 11) is -3.88. The first-order valence-corrected chi connectivity index (χ1v) is 9.50. The molecule has 1 aliphatic heterocycles. The molecule has 1 aliphatic rings. The normalized spacial score (nSPS) is 20.0. The fourth-order valence-electron chi connectivity index (χ4n) is 2.44. The summed E-state index contributed by atoms with van der Waals surface area (Å²) in [6, 6.07) is 2.01. The van der Waals surface area contributed by atoms with Crippen molar-refractivity contribution in [3.63, 3.8) is 0 Å². The third-order valence-electron chi connectivity index (χ3n) is 3.80. The predicted octanol–water partition coefficient (Wildman–Crippen LogP) is 1.18. The molecule has 0 saturated carbocycles. The van der Waals surface area contributed by atoms with E-state index >= 15 is 0 Å². The summed E-state index contributed by atoms with van der Waals surface area (Å²) < 4.78 is 26.7. The van der Waals surface area contributed by atoms with Gasteiger partial charge in [0.15, 0.2) is 0 Å². The second kappa shape index (κ2) is 6.58. The van der Waals surface area contributed by atoms with Gasteiger partial charge in [0.25, 0.3) is 10.0 Å². The molecule has 23 heavy (non-hydrogen) atoms. The largest absolute Gasteiger partial charge is 0.480 e. The molecule has 1 amide bonds. The molecule has 1 saturated heterocycles. The highest BCUT2D eigenvalue weighted by molar-refractivity contribution is 7.91.